The fourth-order valence-electron chi connectivity index (χ4n) is 4.09. The van der Waals surface area contributed by atoms with Crippen LogP contribution in [-0.4, -0.2) is 63.7 Å². The van der Waals surface area contributed by atoms with E-state index in [1.807, 2.05) is 6.92 Å². The Hall–Kier alpha value is -2.22. The van der Waals surface area contributed by atoms with Gasteiger partial charge in [-0.2, -0.15) is 4.98 Å². The van der Waals surface area contributed by atoms with Crippen LogP contribution in [0.5, 0.6) is 0 Å². The molecule has 25 heavy (non-hydrogen) atoms. The van der Waals surface area contributed by atoms with E-state index in [1.54, 1.807) is 4.90 Å². The first-order valence-corrected chi connectivity index (χ1v) is 8.92. The Morgan fingerprint density at radius 2 is 2.20 bits per heavy atom. The lowest BCUT2D eigenvalue weighted by molar-refractivity contribution is -0.145. The monoisotopic (exact) mass is 345 g/mol. The molecule has 0 saturated carbocycles. The Morgan fingerprint density at radius 3 is 3.00 bits per heavy atom. The van der Waals surface area contributed by atoms with E-state index in [-0.39, 0.29) is 17.9 Å². The third-order valence-corrected chi connectivity index (χ3v) is 5.37. The summed E-state index contributed by atoms with van der Waals surface area (Å²) < 4.78 is 5.63. The van der Waals surface area contributed by atoms with Crippen molar-refractivity contribution in [2.75, 3.05) is 37.7 Å². The van der Waals surface area contributed by atoms with Gasteiger partial charge in [0, 0.05) is 32.6 Å². The van der Waals surface area contributed by atoms with Gasteiger partial charge in [0.15, 0.2) is 17.2 Å². The lowest BCUT2D eigenvalue weighted by atomic mass is 9.78. The summed E-state index contributed by atoms with van der Waals surface area (Å²) in [5.41, 5.74) is 0.800. The SMILES string of the molecule is CCc1nc2c(N3CC[C@]4(CCCN(CCO)C4=O)C3)ncnc2o1. The van der Waals surface area contributed by atoms with Crippen LogP contribution >= 0.6 is 0 Å². The highest BCUT2D eigenvalue weighted by atomic mass is 16.4. The predicted octanol–water partition coefficient (Wildman–Crippen LogP) is 0.991. The van der Waals surface area contributed by atoms with E-state index in [9.17, 15) is 9.90 Å². The number of rotatable bonds is 4. The first-order chi connectivity index (χ1) is 12.2. The molecule has 1 atom stereocenters. The minimum absolute atomic E-state index is 0.0107. The number of aliphatic hydroxyl groups is 1. The van der Waals surface area contributed by atoms with Crippen LogP contribution in [0.15, 0.2) is 10.7 Å². The van der Waals surface area contributed by atoms with Crippen molar-refractivity contribution in [1.29, 1.82) is 0 Å². The average Bonchev–Trinajstić information content (AvgIpc) is 3.24. The van der Waals surface area contributed by atoms with Gasteiger partial charge in [-0.3, -0.25) is 4.79 Å². The Kier molecular flexibility index (Phi) is 4.07. The fourth-order valence-corrected chi connectivity index (χ4v) is 4.09. The Balaban J connectivity index is 1.62. The second kappa shape index (κ2) is 6.25. The molecular weight excluding hydrogens is 322 g/mol. The topological polar surface area (TPSA) is 95.6 Å². The van der Waals surface area contributed by atoms with Crippen molar-refractivity contribution in [2.45, 2.75) is 32.6 Å². The van der Waals surface area contributed by atoms with Crippen LogP contribution in [-0.2, 0) is 11.2 Å². The molecule has 0 aromatic carbocycles. The number of nitrogens with zero attached hydrogens (tertiary/aromatic N) is 5. The van der Waals surface area contributed by atoms with Gasteiger partial charge in [-0.1, -0.05) is 6.92 Å². The van der Waals surface area contributed by atoms with E-state index in [0.717, 1.165) is 38.2 Å². The number of aliphatic hydroxyl groups excluding tert-OH is 1. The maximum absolute atomic E-state index is 13.0. The van der Waals surface area contributed by atoms with Crippen LogP contribution in [0.4, 0.5) is 5.82 Å². The van der Waals surface area contributed by atoms with E-state index in [0.29, 0.717) is 36.6 Å². The molecule has 2 aromatic heterocycles. The van der Waals surface area contributed by atoms with Gasteiger partial charge in [-0.15, -0.1) is 0 Å². The number of carbonyl (C=O) groups is 1. The summed E-state index contributed by atoms with van der Waals surface area (Å²) in [4.78, 5) is 30.0. The number of anilines is 1. The molecule has 0 aliphatic carbocycles. The van der Waals surface area contributed by atoms with Crippen LogP contribution in [0.3, 0.4) is 0 Å². The number of β-amino-alcohol motifs (C(OH)–C–C–N with tert-alkyl or cyclic N) is 1. The third kappa shape index (κ3) is 2.64. The maximum atomic E-state index is 13.0. The zero-order chi connectivity index (χ0) is 17.4. The number of likely N-dealkylation sites (tertiary alicyclic amines) is 1. The summed E-state index contributed by atoms with van der Waals surface area (Å²) in [6, 6.07) is 0. The van der Waals surface area contributed by atoms with Gasteiger partial charge < -0.3 is 19.3 Å². The van der Waals surface area contributed by atoms with Crippen molar-refractivity contribution in [2.24, 2.45) is 5.41 Å². The summed E-state index contributed by atoms with van der Waals surface area (Å²) in [6.07, 6.45) is 4.86. The van der Waals surface area contributed by atoms with Crippen LogP contribution in [0.1, 0.15) is 32.1 Å². The number of oxazole rings is 1. The molecule has 1 amide bonds. The van der Waals surface area contributed by atoms with E-state index in [1.165, 1.54) is 6.33 Å². The fraction of sp³-hybridized carbons (Fsp3) is 0.647. The molecule has 2 fully saturated rings. The largest absolute Gasteiger partial charge is 0.422 e. The van der Waals surface area contributed by atoms with E-state index < -0.39 is 0 Å². The number of carbonyl (C=O) groups excluding carboxylic acids is 1. The van der Waals surface area contributed by atoms with Gasteiger partial charge in [-0.05, 0) is 19.3 Å². The van der Waals surface area contributed by atoms with Gasteiger partial charge in [0.25, 0.3) is 5.71 Å². The number of aromatic nitrogens is 3. The van der Waals surface area contributed by atoms with E-state index >= 15 is 0 Å². The summed E-state index contributed by atoms with van der Waals surface area (Å²) in [5, 5.41) is 9.20. The predicted molar refractivity (Wildman–Crippen MR) is 91.1 cm³/mol. The highest BCUT2D eigenvalue weighted by Gasteiger charge is 2.48. The van der Waals surface area contributed by atoms with Crippen molar-refractivity contribution in [3.63, 3.8) is 0 Å². The molecule has 1 spiro atoms. The zero-order valence-electron chi connectivity index (χ0n) is 14.4. The van der Waals surface area contributed by atoms with Crippen LogP contribution in [0.2, 0.25) is 0 Å². The van der Waals surface area contributed by atoms with Gasteiger partial charge in [0.2, 0.25) is 5.91 Å². The number of amides is 1. The highest BCUT2D eigenvalue weighted by molar-refractivity contribution is 5.87. The Bertz CT molecular complexity index is 790. The molecule has 0 bridgehead atoms. The molecule has 8 heteroatoms. The first kappa shape index (κ1) is 16.3. The molecule has 0 radical (unpaired) electrons. The minimum Gasteiger partial charge on any atom is -0.422 e. The molecule has 1 N–H and O–H groups in total. The molecular formula is C17H23N5O3. The van der Waals surface area contributed by atoms with Gasteiger partial charge in [0.05, 0.1) is 12.0 Å². The minimum atomic E-state index is -0.373. The molecule has 8 nitrogen and oxygen atoms in total. The Labute approximate surface area is 145 Å². The number of hydrogen-bond acceptors (Lipinski definition) is 7. The molecule has 2 saturated heterocycles. The number of hydrogen-bond donors (Lipinski definition) is 1. The van der Waals surface area contributed by atoms with Crippen LogP contribution in [0, 0.1) is 5.41 Å². The van der Waals surface area contributed by atoms with Crippen LogP contribution in [0.25, 0.3) is 11.2 Å². The van der Waals surface area contributed by atoms with Crippen molar-refractivity contribution >= 4 is 23.0 Å². The summed E-state index contributed by atoms with van der Waals surface area (Å²) in [5.74, 6) is 1.56. The summed E-state index contributed by atoms with van der Waals surface area (Å²) >= 11 is 0. The molecule has 2 aliphatic rings. The smallest absolute Gasteiger partial charge is 0.252 e. The van der Waals surface area contributed by atoms with E-state index in [2.05, 4.69) is 19.9 Å². The lowest BCUT2D eigenvalue weighted by Crippen LogP contribution is -2.50. The second-order valence-corrected chi connectivity index (χ2v) is 6.88. The number of aryl methyl sites for hydroxylation is 1. The second-order valence-electron chi connectivity index (χ2n) is 6.88. The third-order valence-electron chi connectivity index (χ3n) is 5.37. The summed E-state index contributed by atoms with van der Waals surface area (Å²) in [6.45, 7) is 4.55. The quantitative estimate of drug-likeness (QED) is 0.883. The van der Waals surface area contributed by atoms with Crippen LogP contribution < -0.4 is 4.90 Å². The zero-order valence-corrected chi connectivity index (χ0v) is 14.4. The summed E-state index contributed by atoms with van der Waals surface area (Å²) in [7, 11) is 0. The van der Waals surface area contributed by atoms with Crippen molar-refractivity contribution in [1.82, 2.24) is 19.9 Å². The molecule has 0 unspecified atom stereocenters. The molecule has 4 heterocycles. The molecule has 134 valence electrons. The lowest BCUT2D eigenvalue weighted by Gasteiger charge is -2.39. The normalized spacial score (nSPS) is 24.0. The van der Waals surface area contributed by atoms with Gasteiger partial charge >= 0.3 is 0 Å². The molecule has 4 rings (SSSR count). The maximum Gasteiger partial charge on any atom is 0.252 e. The molecule has 2 aromatic rings. The van der Waals surface area contributed by atoms with E-state index in [4.69, 9.17) is 4.42 Å². The first-order valence-electron chi connectivity index (χ1n) is 8.92. The highest BCUT2D eigenvalue weighted by Crippen LogP contribution is 2.42. The van der Waals surface area contributed by atoms with Gasteiger partial charge in [0.1, 0.15) is 6.33 Å². The van der Waals surface area contributed by atoms with Crippen molar-refractivity contribution < 1.29 is 14.3 Å². The average molecular weight is 345 g/mol. The number of piperidine rings is 1. The Morgan fingerprint density at radius 1 is 1.32 bits per heavy atom. The van der Waals surface area contributed by atoms with Gasteiger partial charge in [-0.25, -0.2) is 9.97 Å². The van der Waals surface area contributed by atoms with Crippen molar-refractivity contribution in [3.8, 4) is 0 Å². The molecule has 2 aliphatic heterocycles. The standard InChI is InChI=1S/C17H23N5O3/c1-2-12-20-13-14(18-11-19-15(13)25-12)22-7-5-17(10-22)4-3-6-21(8-9-23)16(17)24/h11,23H,2-10H2,1H3/t17-/m1/s1. The number of fused-ring (bicyclic) bond motifs is 1. The van der Waals surface area contributed by atoms with Crippen molar-refractivity contribution in [3.05, 3.63) is 12.2 Å².